The number of hydrogen-bond acceptors (Lipinski definition) is 10. The van der Waals surface area contributed by atoms with Crippen molar-refractivity contribution in [2.24, 2.45) is 0 Å². The van der Waals surface area contributed by atoms with Crippen molar-refractivity contribution < 1.29 is 23.2 Å². The lowest BCUT2D eigenvalue weighted by atomic mass is 10.0. The largest absolute Gasteiger partial charge is 0.326 e. The molecular formula is C39H39BrF2N10O3. The maximum absolute atomic E-state index is 15.1. The molecule has 13 nitrogen and oxygen atoms in total. The first kappa shape index (κ1) is 36.8. The number of imidazole rings is 1. The summed E-state index contributed by atoms with van der Waals surface area (Å²) in [4.78, 5) is 61.0. The van der Waals surface area contributed by atoms with Gasteiger partial charge in [0.25, 0.3) is 5.91 Å². The molecule has 284 valence electrons. The second-order valence-corrected chi connectivity index (χ2v) is 15.3. The fraction of sp³-hybridized carbons (Fsp3) is 0.359. The van der Waals surface area contributed by atoms with Crippen LogP contribution in [0.2, 0.25) is 0 Å². The number of fused-ring (bicyclic) bond motifs is 2. The van der Waals surface area contributed by atoms with Crippen LogP contribution in [-0.4, -0.2) is 89.1 Å². The minimum Gasteiger partial charge on any atom is -0.326 e. The molecule has 0 radical (unpaired) electrons. The van der Waals surface area contributed by atoms with Gasteiger partial charge in [-0.25, -0.2) is 28.7 Å². The van der Waals surface area contributed by atoms with Gasteiger partial charge in [0.2, 0.25) is 17.8 Å². The number of hydrogen-bond donors (Lipinski definition) is 2. The average molecular weight is 814 g/mol. The van der Waals surface area contributed by atoms with Gasteiger partial charge in [-0.15, -0.1) is 0 Å². The second-order valence-electron chi connectivity index (χ2n) is 14.5. The third kappa shape index (κ3) is 7.21. The van der Waals surface area contributed by atoms with Crippen molar-refractivity contribution in [1.29, 1.82) is 0 Å². The van der Waals surface area contributed by atoms with Crippen molar-refractivity contribution in [3.05, 3.63) is 93.0 Å². The van der Waals surface area contributed by atoms with Gasteiger partial charge in [0.15, 0.2) is 11.6 Å². The molecule has 8 rings (SSSR count). The van der Waals surface area contributed by atoms with Gasteiger partial charge in [-0.1, -0.05) is 28.1 Å². The van der Waals surface area contributed by atoms with Crippen LogP contribution in [0.3, 0.4) is 0 Å². The molecule has 0 spiro atoms. The number of nitrogens with one attached hydrogen (secondary N) is 2. The van der Waals surface area contributed by atoms with Crippen molar-refractivity contribution in [2.75, 3.05) is 31.5 Å². The number of pyridine rings is 1. The minimum absolute atomic E-state index is 0.0294. The highest BCUT2D eigenvalue weighted by Gasteiger charge is 2.40. The van der Waals surface area contributed by atoms with E-state index in [9.17, 15) is 14.4 Å². The minimum atomic E-state index is -0.671. The van der Waals surface area contributed by atoms with Crippen LogP contribution in [0, 0.1) is 18.6 Å². The van der Waals surface area contributed by atoms with E-state index in [0.717, 1.165) is 66.6 Å². The quantitative estimate of drug-likeness (QED) is 0.180. The van der Waals surface area contributed by atoms with Crippen LogP contribution >= 0.6 is 15.9 Å². The normalized spacial score (nSPS) is 18.1. The van der Waals surface area contributed by atoms with E-state index in [4.69, 9.17) is 0 Å². The average Bonchev–Trinajstić information content (AvgIpc) is 3.68. The molecular weight excluding hydrogens is 774 g/mol. The second kappa shape index (κ2) is 14.8. The predicted octanol–water partition coefficient (Wildman–Crippen LogP) is 5.64. The van der Waals surface area contributed by atoms with Crippen LogP contribution in [0.5, 0.6) is 0 Å². The lowest BCUT2D eigenvalue weighted by Gasteiger charge is -2.35. The lowest BCUT2D eigenvalue weighted by Crippen LogP contribution is -2.52. The van der Waals surface area contributed by atoms with E-state index in [0.29, 0.717) is 35.7 Å². The maximum Gasteiger partial charge on any atom is 0.255 e. The van der Waals surface area contributed by atoms with E-state index >= 15 is 8.78 Å². The Morgan fingerprint density at radius 2 is 1.71 bits per heavy atom. The number of amides is 3. The molecule has 2 N–H and O–H groups in total. The standard InChI is InChI=1S/C39H39BrF2N10O3/c1-21(2)52-22(3)45-36-28(41)14-25(15-31(36)52)35-29(42)17-44-39(48-35)46-32-8-4-23(16-43-32)18-49-10-12-50(13-11-49)19-24-5-6-26-27(34(24)40)20-51(38(26)55)30-7-9-33(53)47-37(30)54/h4-6,8,14-17,21,30H,7,9-13,18-20H2,1-3H3,(H,47,53,54)(H,43,44,46,48). The Bertz CT molecular complexity index is 2340. The van der Waals surface area contributed by atoms with Gasteiger partial charge in [0.05, 0.1) is 11.7 Å². The Morgan fingerprint density at radius 1 is 0.945 bits per heavy atom. The number of carbonyl (C=O) groups is 3. The molecule has 5 aromatic rings. The Labute approximate surface area is 324 Å². The van der Waals surface area contributed by atoms with Gasteiger partial charge in [-0.3, -0.25) is 29.5 Å². The third-order valence-corrected chi connectivity index (χ3v) is 11.5. The summed E-state index contributed by atoms with van der Waals surface area (Å²) in [6, 6.07) is 9.96. The number of aromatic nitrogens is 5. The Balaban J connectivity index is 0.866. The monoisotopic (exact) mass is 812 g/mol. The molecule has 3 aliphatic rings. The molecule has 55 heavy (non-hydrogen) atoms. The van der Waals surface area contributed by atoms with Crippen LogP contribution in [0.1, 0.15) is 65.6 Å². The summed E-state index contributed by atoms with van der Waals surface area (Å²) in [5.41, 5.74) is 4.64. The van der Waals surface area contributed by atoms with Crippen molar-refractivity contribution in [3.63, 3.8) is 0 Å². The zero-order valence-electron chi connectivity index (χ0n) is 30.6. The van der Waals surface area contributed by atoms with Gasteiger partial charge in [0.1, 0.15) is 28.9 Å². The highest BCUT2D eigenvalue weighted by Crippen LogP contribution is 2.35. The summed E-state index contributed by atoms with van der Waals surface area (Å²) in [5.74, 6) is -0.829. The zero-order chi connectivity index (χ0) is 38.5. The number of carbonyl (C=O) groups excluding carboxylic acids is 3. The molecule has 2 saturated heterocycles. The molecule has 2 fully saturated rings. The van der Waals surface area contributed by atoms with Crippen LogP contribution in [0.15, 0.2) is 53.3 Å². The van der Waals surface area contributed by atoms with Gasteiger partial charge in [-0.05, 0) is 68.1 Å². The molecule has 3 aromatic heterocycles. The molecule has 16 heteroatoms. The van der Waals surface area contributed by atoms with Crippen molar-refractivity contribution in [2.45, 2.75) is 65.3 Å². The number of anilines is 2. The first-order valence-electron chi connectivity index (χ1n) is 18.3. The fourth-order valence-corrected chi connectivity index (χ4v) is 8.37. The number of rotatable bonds is 9. The van der Waals surface area contributed by atoms with E-state index in [1.54, 1.807) is 17.2 Å². The topological polar surface area (TPSA) is 141 Å². The van der Waals surface area contributed by atoms with Gasteiger partial charge < -0.3 is 14.8 Å². The number of halogens is 3. The molecule has 0 bridgehead atoms. The molecule has 2 aromatic carbocycles. The highest BCUT2D eigenvalue weighted by molar-refractivity contribution is 9.10. The number of piperidine rings is 1. The molecule has 3 aliphatic heterocycles. The molecule has 1 atom stereocenters. The van der Waals surface area contributed by atoms with E-state index < -0.39 is 23.6 Å². The zero-order valence-corrected chi connectivity index (χ0v) is 32.2. The predicted molar refractivity (Wildman–Crippen MR) is 204 cm³/mol. The van der Waals surface area contributed by atoms with Gasteiger partial charge in [-0.2, -0.15) is 0 Å². The molecule has 0 saturated carbocycles. The Morgan fingerprint density at radius 3 is 2.42 bits per heavy atom. The molecule has 3 amide bonds. The number of imide groups is 1. The first-order chi connectivity index (χ1) is 26.4. The highest BCUT2D eigenvalue weighted by atomic mass is 79.9. The van der Waals surface area contributed by atoms with Crippen molar-refractivity contribution >= 4 is 56.5 Å². The first-order valence-corrected chi connectivity index (χ1v) is 19.1. The smallest absolute Gasteiger partial charge is 0.255 e. The van der Waals surface area contributed by atoms with Crippen LogP contribution in [-0.2, 0) is 29.2 Å². The third-order valence-electron chi connectivity index (χ3n) is 10.5. The SMILES string of the molecule is Cc1nc2c(F)cc(-c3nc(Nc4ccc(CN5CCN(Cc6ccc7c(c6Br)CN(C6CCC(=O)NC6=O)C7=O)CC5)cn4)ncc3F)cc2n1C(C)C. The maximum atomic E-state index is 15.1. The number of nitrogens with zero attached hydrogens (tertiary/aromatic N) is 8. The number of aryl methyl sites for hydroxylation is 1. The summed E-state index contributed by atoms with van der Waals surface area (Å²) in [5, 5.41) is 5.40. The van der Waals surface area contributed by atoms with E-state index in [1.807, 2.05) is 49.6 Å². The molecule has 0 aliphatic carbocycles. The van der Waals surface area contributed by atoms with Crippen LogP contribution in [0.25, 0.3) is 22.3 Å². The van der Waals surface area contributed by atoms with E-state index in [1.165, 1.54) is 6.07 Å². The summed E-state index contributed by atoms with van der Waals surface area (Å²) < 4.78 is 32.9. The number of benzene rings is 2. The lowest BCUT2D eigenvalue weighted by molar-refractivity contribution is -0.136. The van der Waals surface area contributed by atoms with Crippen molar-refractivity contribution in [3.8, 4) is 11.3 Å². The summed E-state index contributed by atoms with van der Waals surface area (Å²) in [6.45, 7) is 11.0. The van der Waals surface area contributed by atoms with E-state index in [2.05, 4.69) is 56.3 Å². The summed E-state index contributed by atoms with van der Waals surface area (Å²) >= 11 is 3.76. The Hall–Kier alpha value is -5.19. The van der Waals surface area contributed by atoms with Crippen LogP contribution < -0.4 is 10.6 Å². The number of piperazine rings is 1. The van der Waals surface area contributed by atoms with Gasteiger partial charge in [0, 0.05) is 80.1 Å². The van der Waals surface area contributed by atoms with Crippen molar-refractivity contribution in [1.82, 2.24) is 44.5 Å². The molecule has 1 unspecified atom stereocenters. The summed E-state index contributed by atoms with van der Waals surface area (Å²) in [7, 11) is 0. The van der Waals surface area contributed by atoms with Gasteiger partial charge >= 0.3 is 0 Å². The summed E-state index contributed by atoms with van der Waals surface area (Å²) in [6.07, 6.45) is 3.40. The Kier molecular flexibility index (Phi) is 9.90. The fourth-order valence-electron chi connectivity index (χ4n) is 7.77. The van der Waals surface area contributed by atoms with Crippen LogP contribution in [0.4, 0.5) is 20.5 Å². The molecule has 6 heterocycles. The van der Waals surface area contributed by atoms with E-state index in [-0.39, 0.29) is 47.0 Å².